The molecule has 0 spiro atoms. The summed E-state index contributed by atoms with van der Waals surface area (Å²) in [5, 5.41) is 7.53. The molecule has 0 aliphatic carbocycles. The highest BCUT2D eigenvalue weighted by molar-refractivity contribution is 6.20. The highest BCUT2D eigenvalue weighted by Gasteiger charge is 2.31. The zero-order valence-corrected chi connectivity index (χ0v) is 23.4. The predicted molar refractivity (Wildman–Crippen MR) is 179 cm³/mol. The largest absolute Gasteiger partial charge is 0.359 e. The molecule has 43 heavy (non-hydrogen) atoms. The number of hydrogen-bond acceptors (Lipinski definition) is 2. The molecule has 1 unspecified atom stereocenters. The third-order valence-corrected chi connectivity index (χ3v) is 8.74. The second-order valence-corrected chi connectivity index (χ2v) is 11.1. The molecule has 4 heteroatoms. The second-order valence-electron chi connectivity index (χ2n) is 11.1. The Hall–Kier alpha value is -5.74. The van der Waals surface area contributed by atoms with Crippen LogP contribution in [0, 0.1) is 0 Å². The van der Waals surface area contributed by atoms with E-state index in [4.69, 9.17) is 0 Å². The predicted octanol–water partition coefficient (Wildman–Crippen LogP) is 9.99. The quantitative estimate of drug-likeness (QED) is 0.235. The van der Waals surface area contributed by atoms with Gasteiger partial charge in [0.2, 0.25) is 0 Å². The number of para-hydroxylation sites is 5. The Bertz CT molecular complexity index is 2260. The molecule has 3 heterocycles. The number of fused-ring (bicyclic) bond motifs is 6. The van der Waals surface area contributed by atoms with Crippen LogP contribution >= 0.6 is 0 Å². The van der Waals surface area contributed by atoms with Crippen LogP contribution in [0.1, 0.15) is 11.7 Å². The van der Waals surface area contributed by atoms with Crippen LogP contribution in [-0.4, -0.2) is 9.13 Å². The Morgan fingerprint density at radius 1 is 0.512 bits per heavy atom. The second kappa shape index (κ2) is 9.40. The molecular weight excluding hydrogens is 524 g/mol. The van der Waals surface area contributed by atoms with Crippen LogP contribution in [0.25, 0.3) is 44.1 Å². The lowest BCUT2D eigenvalue weighted by Crippen LogP contribution is -2.23. The van der Waals surface area contributed by atoms with E-state index in [-0.39, 0.29) is 6.17 Å². The van der Waals surface area contributed by atoms with Crippen LogP contribution in [0.2, 0.25) is 0 Å². The van der Waals surface area contributed by atoms with Crippen molar-refractivity contribution in [2.75, 3.05) is 10.2 Å². The van der Waals surface area contributed by atoms with Crippen LogP contribution in [-0.2, 0) is 0 Å². The fourth-order valence-corrected chi connectivity index (χ4v) is 6.84. The van der Waals surface area contributed by atoms with E-state index in [2.05, 4.69) is 177 Å². The summed E-state index contributed by atoms with van der Waals surface area (Å²) in [4.78, 5) is 2.39. The zero-order valence-electron chi connectivity index (χ0n) is 23.4. The molecule has 0 saturated heterocycles. The number of nitrogens with zero attached hydrogens (tertiary/aromatic N) is 3. The number of aromatic nitrogens is 2. The van der Waals surface area contributed by atoms with Crippen LogP contribution in [0.3, 0.4) is 0 Å². The van der Waals surface area contributed by atoms with Crippen LogP contribution in [0.5, 0.6) is 0 Å². The molecule has 9 rings (SSSR count). The van der Waals surface area contributed by atoms with Crippen molar-refractivity contribution in [1.82, 2.24) is 9.13 Å². The van der Waals surface area contributed by atoms with E-state index >= 15 is 0 Å². The SMILES string of the molecule is c1ccc(N2c3ccccc3NC2c2ccc(-n3c4ccccc4c4c5c(ccc43)ccn5-c3ccccc3)cc2)cc1. The monoisotopic (exact) mass is 552 g/mol. The fourth-order valence-electron chi connectivity index (χ4n) is 6.84. The molecule has 0 fully saturated rings. The van der Waals surface area contributed by atoms with Gasteiger partial charge in [-0.05, 0) is 72.3 Å². The van der Waals surface area contributed by atoms with Gasteiger partial charge in [0, 0.05) is 39.4 Å². The Kier molecular flexibility index (Phi) is 5.23. The van der Waals surface area contributed by atoms with Gasteiger partial charge in [-0.25, -0.2) is 0 Å². The molecular formula is C39H28N4. The first-order chi connectivity index (χ1) is 21.3. The molecule has 0 amide bonds. The number of benzene rings is 6. The number of rotatable bonds is 4. The van der Waals surface area contributed by atoms with E-state index < -0.39 is 0 Å². The first kappa shape index (κ1) is 23.9. The average molecular weight is 553 g/mol. The maximum atomic E-state index is 3.77. The van der Waals surface area contributed by atoms with E-state index in [0.29, 0.717) is 0 Å². The van der Waals surface area contributed by atoms with Gasteiger partial charge < -0.3 is 19.4 Å². The van der Waals surface area contributed by atoms with Crippen LogP contribution in [0.15, 0.2) is 158 Å². The maximum Gasteiger partial charge on any atom is 0.130 e. The van der Waals surface area contributed by atoms with Crippen molar-refractivity contribution >= 4 is 49.8 Å². The molecule has 204 valence electrons. The molecule has 1 atom stereocenters. The van der Waals surface area contributed by atoms with Gasteiger partial charge in [0.15, 0.2) is 0 Å². The van der Waals surface area contributed by atoms with Crippen molar-refractivity contribution in [3.05, 3.63) is 163 Å². The molecule has 6 aromatic carbocycles. The van der Waals surface area contributed by atoms with Gasteiger partial charge in [0.1, 0.15) is 6.17 Å². The van der Waals surface area contributed by atoms with Crippen molar-refractivity contribution < 1.29 is 0 Å². The molecule has 1 N–H and O–H groups in total. The minimum Gasteiger partial charge on any atom is -0.359 e. The fraction of sp³-hybridized carbons (Fsp3) is 0.0256. The van der Waals surface area contributed by atoms with E-state index in [1.807, 2.05) is 0 Å². The molecule has 0 bridgehead atoms. The minimum atomic E-state index is 0.000717. The zero-order chi connectivity index (χ0) is 28.3. The smallest absolute Gasteiger partial charge is 0.130 e. The highest BCUT2D eigenvalue weighted by atomic mass is 15.3. The van der Waals surface area contributed by atoms with E-state index in [0.717, 1.165) is 11.4 Å². The summed E-state index contributed by atoms with van der Waals surface area (Å²) < 4.78 is 4.72. The summed E-state index contributed by atoms with van der Waals surface area (Å²) in [6.45, 7) is 0. The molecule has 1 aliphatic heterocycles. The summed E-state index contributed by atoms with van der Waals surface area (Å²) in [7, 11) is 0. The Morgan fingerprint density at radius 2 is 1.21 bits per heavy atom. The van der Waals surface area contributed by atoms with Gasteiger partial charge in [-0.15, -0.1) is 0 Å². The van der Waals surface area contributed by atoms with Gasteiger partial charge in [-0.1, -0.05) is 84.9 Å². The van der Waals surface area contributed by atoms with Gasteiger partial charge in [-0.2, -0.15) is 0 Å². The van der Waals surface area contributed by atoms with Crippen molar-refractivity contribution in [3.63, 3.8) is 0 Å². The summed E-state index contributed by atoms with van der Waals surface area (Å²) in [6, 6.07) is 54.3. The van der Waals surface area contributed by atoms with E-state index in [1.54, 1.807) is 0 Å². The number of nitrogens with one attached hydrogen (secondary N) is 1. The average Bonchev–Trinajstić information content (AvgIpc) is 3.77. The molecule has 4 nitrogen and oxygen atoms in total. The van der Waals surface area contributed by atoms with Gasteiger partial charge in [0.05, 0.1) is 27.9 Å². The summed E-state index contributed by atoms with van der Waals surface area (Å²) in [5.41, 5.74) is 10.7. The lowest BCUT2D eigenvalue weighted by molar-refractivity contribution is 0.827. The summed E-state index contributed by atoms with van der Waals surface area (Å²) in [6.07, 6.45) is 2.19. The first-order valence-electron chi connectivity index (χ1n) is 14.7. The molecule has 2 aromatic heterocycles. The van der Waals surface area contributed by atoms with Gasteiger partial charge in [-0.3, -0.25) is 0 Å². The summed E-state index contributed by atoms with van der Waals surface area (Å²) in [5.74, 6) is 0. The maximum absolute atomic E-state index is 3.77. The Balaban J connectivity index is 1.20. The summed E-state index contributed by atoms with van der Waals surface area (Å²) >= 11 is 0. The molecule has 1 aliphatic rings. The van der Waals surface area contributed by atoms with Crippen molar-refractivity contribution in [3.8, 4) is 11.4 Å². The lowest BCUT2D eigenvalue weighted by Gasteiger charge is -2.27. The van der Waals surface area contributed by atoms with E-state index in [9.17, 15) is 0 Å². The van der Waals surface area contributed by atoms with Crippen molar-refractivity contribution in [1.29, 1.82) is 0 Å². The topological polar surface area (TPSA) is 25.1 Å². The normalized spacial score (nSPS) is 14.4. The van der Waals surface area contributed by atoms with Crippen LogP contribution in [0.4, 0.5) is 17.1 Å². The van der Waals surface area contributed by atoms with Crippen molar-refractivity contribution in [2.45, 2.75) is 6.17 Å². The number of anilines is 3. The molecule has 0 radical (unpaired) electrons. The van der Waals surface area contributed by atoms with Gasteiger partial charge in [0.25, 0.3) is 0 Å². The van der Waals surface area contributed by atoms with E-state index in [1.165, 1.54) is 55.3 Å². The van der Waals surface area contributed by atoms with Crippen molar-refractivity contribution in [2.24, 2.45) is 0 Å². The van der Waals surface area contributed by atoms with Crippen LogP contribution < -0.4 is 10.2 Å². The minimum absolute atomic E-state index is 0.000717. The molecule has 0 saturated carbocycles. The van der Waals surface area contributed by atoms with Gasteiger partial charge >= 0.3 is 0 Å². The Morgan fingerprint density at radius 3 is 2.02 bits per heavy atom. The highest BCUT2D eigenvalue weighted by Crippen LogP contribution is 2.46. The number of hydrogen-bond donors (Lipinski definition) is 1. The third-order valence-electron chi connectivity index (χ3n) is 8.74. The molecule has 8 aromatic rings. The first-order valence-corrected chi connectivity index (χ1v) is 14.7. The third kappa shape index (κ3) is 3.63. The lowest BCUT2D eigenvalue weighted by atomic mass is 10.1. The standard InChI is InChI=1S/C39H28N4/c1-3-11-29(12-4-1)41-26-25-27-21-24-36-37(38(27)41)32-15-7-9-17-34(32)42(36)31-22-19-28(20-23-31)39-40-33-16-8-10-18-35(33)43(39)30-13-5-2-6-14-30/h1-26,39-40H. The Labute approximate surface area is 249 Å².